The van der Waals surface area contributed by atoms with Crippen LogP contribution in [-0.4, -0.2) is 44.3 Å². The summed E-state index contributed by atoms with van der Waals surface area (Å²) < 4.78 is 57.6. The minimum Gasteiger partial charge on any atom is -0.354 e. The molecule has 0 radical (unpaired) electrons. The van der Waals surface area contributed by atoms with Gasteiger partial charge >= 0.3 is 0 Å². The third kappa shape index (κ3) is 8.76. The summed E-state index contributed by atoms with van der Waals surface area (Å²) in [6.07, 6.45) is 0.111. The van der Waals surface area contributed by atoms with Crippen molar-refractivity contribution in [2.45, 2.75) is 44.7 Å². The van der Waals surface area contributed by atoms with Crippen LogP contribution in [0.2, 0.25) is 0 Å². The number of nitrogens with one attached hydrogen (secondary N) is 1. The van der Waals surface area contributed by atoms with Crippen molar-refractivity contribution in [3.8, 4) is 0 Å². The molecule has 4 aromatic rings. The lowest BCUT2D eigenvalue weighted by atomic mass is 10.0. The average molecular weight is 634 g/mol. The molecule has 1 N–H and O–H groups in total. The van der Waals surface area contributed by atoms with Gasteiger partial charge in [0, 0.05) is 25.1 Å². The number of halogens is 2. The molecule has 0 bridgehead atoms. The summed E-state index contributed by atoms with van der Waals surface area (Å²) in [4.78, 5) is 29.1. The Labute approximate surface area is 263 Å². The molecule has 0 unspecified atom stereocenters. The molecule has 4 aromatic carbocycles. The van der Waals surface area contributed by atoms with Crippen LogP contribution >= 0.6 is 0 Å². The first-order valence-electron chi connectivity index (χ1n) is 14.6. The maximum atomic E-state index is 15.0. The predicted molar refractivity (Wildman–Crippen MR) is 171 cm³/mol. The molecule has 2 amide bonds. The number of aryl methyl sites for hydroxylation is 1. The van der Waals surface area contributed by atoms with Gasteiger partial charge < -0.3 is 10.2 Å². The van der Waals surface area contributed by atoms with E-state index in [2.05, 4.69) is 5.32 Å². The number of benzene rings is 4. The van der Waals surface area contributed by atoms with E-state index in [0.29, 0.717) is 6.54 Å². The molecule has 0 aromatic heterocycles. The first kappa shape index (κ1) is 33.3. The third-order valence-corrected chi connectivity index (χ3v) is 9.04. The summed E-state index contributed by atoms with van der Waals surface area (Å²) in [6, 6.07) is 24.8. The summed E-state index contributed by atoms with van der Waals surface area (Å²) in [5.41, 5.74) is 2.01. The van der Waals surface area contributed by atoms with Gasteiger partial charge in [0.25, 0.3) is 10.0 Å². The van der Waals surface area contributed by atoms with E-state index in [0.717, 1.165) is 39.7 Å². The van der Waals surface area contributed by atoms with E-state index in [1.165, 1.54) is 23.1 Å². The monoisotopic (exact) mass is 633 g/mol. The molecule has 4 rings (SSSR count). The fraction of sp³-hybridized carbons (Fsp3) is 0.257. The van der Waals surface area contributed by atoms with Crippen molar-refractivity contribution in [3.63, 3.8) is 0 Å². The molecule has 0 fully saturated rings. The zero-order valence-electron chi connectivity index (χ0n) is 25.5. The molecule has 0 heterocycles. The van der Waals surface area contributed by atoms with Crippen LogP contribution in [0.5, 0.6) is 0 Å². The Morgan fingerprint density at radius 2 is 1.44 bits per heavy atom. The Kier molecular flexibility index (Phi) is 11.1. The molecule has 0 aliphatic rings. The minimum absolute atomic E-state index is 0.111. The number of nitrogens with zero attached hydrogens (tertiary/aromatic N) is 2. The summed E-state index contributed by atoms with van der Waals surface area (Å²) in [5, 5.41) is 2.90. The summed E-state index contributed by atoms with van der Waals surface area (Å²) >= 11 is 0. The Balaban J connectivity index is 1.80. The van der Waals surface area contributed by atoms with E-state index in [4.69, 9.17) is 0 Å². The van der Waals surface area contributed by atoms with Crippen LogP contribution < -0.4 is 9.62 Å². The van der Waals surface area contributed by atoms with E-state index < -0.39 is 46.1 Å². The van der Waals surface area contributed by atoms with E-state index in [9.17, 15) is 26.8 Å². The van der Waals surface area contributed by atoms with Gasteiger partial charge in [-0.3, -0.25) is 13.9 Å². The van der Waals surface area contributed by atoms with Gasteiger partial charge in [-0.1, -0.05) is 80.1 Å². The van der Waals surface area contributed by atoms with Gasteiger partial charge in [-0.05, 0) is 60.9 Å². The second kappa shape index (κ2) is 14.9. The highest BCUT2D eigenvalue weighted by molar-refractivity contribution is 7.92. The van der Waals surface area contributed by atoms with Crippen molar-refractivity contribution in [1.29, 1.82) is 0 Å². The SMILES string of the molecule is Cc1ccc(N(CC(=O)N(Cc2ccccc2F)[C@H](Cc2ccccc2)C(=O)NCC(C)C)S(=O)(=O)c2ccc(F)cc2)cc1. The quantitative estimate of drug-likeness (QED) is 0.199. The molecule has 0 aliphatic heterocycles. The van der Waals surface area contributed by atoms with Crippen LogP contribution in [0.15, 0.2) is 108 Å². The number of carbonyl (C=O) groups is 2. The highest BCUT2D eigenvalue weighted by Gasteiger charge is 2.35. The van der Waals surface area contributed by atoms with E-state index >= 15 is 0 Å². The zero-order chi connectivity index (χ0) is 32.6. The van der Waals surface area contributed by atoms with Gasteiger partial charge in [-0.15, -0.1) is 0 Å². The Morgan fingerprint density at radius 3 is 2.07 bits per heavy atom. The second-order valence-corrected chi connectivity index (χ2v) is 13.1. The molecule has 236 valence electrons. The van der Waals surface area contributed by atoms with Crippen LogP contribution in [-0.2, 0) is 32.6 Å². The standard InChI is InChI=1S/C35H37F2N3O4S/c1-25(2)22-38-35(42)33(21-27-9-5-4-6-10-27)39(23-28-11-7-8-12-32(28)37)34(41)24-40(30-17-13-26(3)14-18-30)45(43,44)31-19-15-29(36)16-20-31/h4-20,25,33H,21-24H2,1-3H3,(H,38,42)/t33-/m1/s1. The zero-order valence-corrected chi connectivity index (χ0v) is 26.3. The van der Waals surface area contributed by atoms with E-state index in [1.54, 1.807) is 30.3 Å². The number of hydrogen-bond donors (Lipinski definition) is 1. The van der Waals surface area contributed by atoms with Gasteiger partial charge in [0.05, 0.1) is 10.6 Å². The smallest absolute Gasteiger partial charge is 0.264 e. The van der Waals surface area contributed by atoms with Crippen molar-refractivity contribution < 1.29 is 26.8 Å². The molecule has 7 nitrogen and oxygen atoms in total. The highest BCUT2D eigenvalue weighted by Crippen LogP contribution is 2.26. The Bertz CT molecular complexity index is 1700. The summed E-state index contributed by atoms with van der Waals surface area (Å²) in [6.45, 7) is 5.09. The number of sulfonamides is 1. The molecule has 10 heteroatoms. The van der Waals surface area contributed by atoms with Gasteiger partial charge in [0.2, 0.25) is 11.8 Å². The van der Waals surface area contributed by atoms with Crippen molar-refractivity contribution in [1.82, 2.24) is 10.2 Å². The van der Waals surface area contributed by atoms with Crippen molar-refractivity contribution >= 4 is 27.5 Å². The number of hydrogen-bond acceptors (Lipinski definition) is 4. The lowest BCUT2D eigenvalue weighted by Gasteiger charge is -2.34. The lowest BCUT2D eigenvalue weighted by Crippen LogP contribution is -2.53. The van der Waals surface area contributed by atoms with Crippen LogP contribution in [0.4, 0.5) is 14.5 Å². The Hall–Kier alpha value is -4.57. The first-order chi connectivity index (χ1) is 21.5. The van der Waals surface area contributed by atoms with E-state index in [-0.39, 0.29) is 35.0 Å². The molecular weight excluding hydrogens is 596 g/mol. The van der Waals surface area contributed by atoms with Crippen LogP contribution in [0.1, 0.15) is 30.5 Å². The number of amides is 2. The normalized spacial score (nSPS) is 12.0. The first-order valence-corrected chi connectivity index (χ1v) is 16.1. The predicted octanol–water partition coefficient (Wildman–Crippen LogP) is 5.88. The number of rotatable bonds is 13. The number of anilines is 1. The van der Waals surface area contributed by atoms with Gasteiger partial charge in [0.1, 0.15) is 24.2 Å². The van der Waals surface area contributed by atoms with Crippen LogP contribution in [0, 0.1) is 24.5 Å². The minimum atomic E-state index is -4.38. The third-order valence-electron chi connectivity index (χ3n) is 7.26. The highest BCUT2D eigenvalue weighted by atomic mass is 32.2. The second-order valence-electron chi connectivity index (χ2n) is 11.3. The molecule has 45 heavy (non-hydrogen) atoms. The molecular formula is C35H37F2N3O4S. The topological polar surface area (TPSA) is 86.8 Å². The molecule has 0 aliphatic carbocycles. The summed E-state index contributed by atoms with van der Waals surface area (Å²) in [7, 11) is -4.38. The number of carbonyl (C=O) groups excluding carboxylic acids is 2. The van der Waals surface area contributed by atoms with Crippen molar-refractivity contribution in [2.75, 3.05) is 17.4 Å². The lowest BCUT2D eigenvalue weighted by molar-refractivity contribution is -0.140. The molecule has 0 saturated heterocycles. The van der Waals surface area contributed by atoms with E-state index in [1.807, 2.05) is 51.1 Å². The van der Waals surface area contributed by atoms with Crippen LogP contribution in [0.25, 0.3) is 0 Å². The summed E-state index contributed by atoms with van der Waals surface area (Å²) in [5.74, 6) is -2.21. The van der Waals surface area contributed by atoms with Gasteiger partial charge in [0.15, 0.2) is 0 Å². The molecule has 1 atom stereocenters. The van der Waals surface area contributed by atoms with Crippen molar-refractivity contribution in [3.05, 3.63) is 131 Å². The molecule has 0 saturated carbocycles. The fourth-order valence-electron chi connectivity index (χ4n) is 4.76. The van der Waals surface area contributed by atoms with Gasteiger partial charge in [-0.25, -0.2) is 17.2 Å². The van der Waals surface area contributed by atoms with Gasteiger partial charge in [-0.2, -0.15) is 0 Å². The molecule has 0 spiro atoms. The Morgan fingerprint density at radius 1 is 0.822 bits per heavy atom. The largest absolute Gasteiger partial charge is 0.354 e. The fourth-order valence-corrected chi connectivity index (χ4v) is 6.17. The van der Waals surface area contributed by atoms with Crippen LogP contribution in [0.3, 0.4) is 0 Å². The van der Waals surface area contributed by atoms with Crippen molar-refractivity contribution in [2.24, 2.45) is 5.92 Å². The average Bonchev–Trinajstić information content (AvgIpc) is 3.02. The maximum Gasteiger partial charge on any atom is 0.264 e. The maximum absolute atomic E-state index is 15.0.